The first-order valence-corrected chi connectivity index (χ1v) is 6.28. The van der Waals surface area contributed by atoms with E-state index in [-0.39, 0.29) is 5.82 Å². The molecule has 0 saturated carbocycles. The lowest BCUT2D eigenvalue weighted by Crippen LogP contribution is -2.18. The monoisotopic (exact) mass is 280 g/mol. The predicted octanol–water partition coefficient (Wildman–Crippen LogP) is 1.56. The van der Waals surface area contributed by atoms with Gasteiger partial charge in [0, 0.05) is 20.2 Å². The van der Waals surface area contributed by atoms with Crippen molar-refractivity contribution in [3.63, 3.8) is 0 Å². The molecule has 0 saturated heterocycles. The van der Waals surface area contributed by atoms with Gasteiger partial charge in [0.1, 0.15) is 5.82 Å². The maximum Gasteiger partial charge on any atom is 0.315 e. The molecule has 0 aliphatic rings. The van der Waals surface area contributed by atoms with Gasteiger partial charge in [-0.05, 0) is 17.7 Å². The predicted molar refractivity (Wildman–Crippen MR) is 71.6 cm³/mol. The van der Waals surface area contributed by atoms with Gasteiger partial charge in [0.05, 0.1) is 13.2 Å². The standard InChI is InChI=1S/C13H17FN4O2/c1-19-7-6-15-9-12-17-18-13(20-12)16-8-10-2-4-11(14)5-3-10/h2-5,15H,6-9H2,1H3,(H,16,18). The molecule has 1 heterocycles. The third-order valence-electron chi connectivity index (χ3n) is 2.58. The highest BCUT2D eigenvalue weighted by atomic mass is 19.1. The molecule has 1 aromatic heterocycles. The molecule has 0 aliphatic heterocycles. The van der Waals surface area contributed by atoms with E-state index in [1.807, 2.05) is 0 Å². The van der Waals surface area contributed by atoms with Crippen molar-refractivity contribution in [2.75, 3.05) is 25.6 Å². The van der Waals surface area contributed by atoms with Gasteiger partial charge in [-0.2, -0.15) is 0 Å². The number of hydrogen-bond acceptors (Lipinski definition) is 6. The Morgan fingerprint density at radius 2 is 2.00 bits per heavy atom. The van der Waals surface area contributed by atoms with E-state index < -0.39 is 0 Å². The van der Waals surface area contributed by atoms with Crippen LogP contribution in [0.2, 0.25) is 0 Å². The van der Waals surface area contributed by atoms with Gasteiger partial charge >= 0.3 is 6.01 Å². The van der Waals surface area contributed by atoms with Crippen molar-refractivity contribution in [3.05, 3.63) is 41.5 Å². The topological polar surface area (TPSA) is 72.2 Å². The lowest BCUT2D eigenvalue weighted by atomic mass is 10.2. The van der Waals surface area contributed by atoms with Gasteiger partial charge in [-0.15, -0.1) is 5.10 Å². The van der Waals surface area contributed by atoms with Crippen LogP contribution in [0.15, 0.2) is 28.7 Å². The first-order chi connectivity index (χ1) is 9.78. The third kappa shape index (κ3) is 4.60. The van der Waals surface area contributed by atoms with Crippen molar-refractivity contribution >= 4 is 6.01 Å². The zero-order valence-corrected chi connectivity index (χ0v) is 11.2. The molecule has 108 valence electrons. The first kappa shape index (κ1) is 14.4. The quantitative estimate of drug-likeness (QED) is 0.715. The van der Waals surface area contributed by atoms with Gasteiger partial charge in [-0.25, -0.2) is 4.39 Å². The Labute approximate surface area is 116 Å². The van der Waals surface area contributed by atoms with Crippen LogP contribution >= 0.6 is 0 Å². The van der Waals surface area contributed by atoms with E-state index in [0.717, 1.165) is 12.1 Å². The average Bonchev–Trinajstić information content (AvgIpc) is 2.91. The summed E-state index contributed by atoms with van der Waals surface area (Å²) in [6.07, 6.45) is 0. The Kier molecular flexibility index (Phi) is 5.45. The van der Waals surface area contributed by atoms with E-state index in [9.17, 15) is 4.39 Å². The van der Waals surface area contributed by atoms with E-state index in [1.54, 1.807) is 19.2 Å². The highest BCUT2D eigenvalue weighted by Crippen LogP contribution is 2.08. The molecular weight excluding hydrogens is 263 g/mol. The second-order valence-corrected chi connectivity index (χ2v) is 4.15. The highest BCUT2D eigenvalue weighted by Gasteiger charge is 2.05. The third-order valence-corrected chi connectivity index (χ3v) is 2.58. The maximum atomic E-state index is 12.7. The van der Waals surface area contributed by atoms with Crippen molar-refractivity contribution in [1.82, 2.24) is 15.5 Å². The Hall–Kier alpha value is -1.99. The lowest BCUT2D eigenvalue weighted by molar-refractivity contribution is 0.198. The highest BCUT2D eigenvalue weighted by molar-refractivity contribution is 5.23. The SMILES string of the molecule is COCCNCc1nnc(NCc2ccc(F)cc2)o1. The smallest absolute Gasteiger partial charge is 0.315 e. The van der Waals surface area contributed by atoms with Crippen LogP contribution in [0.1, 0.15) is 11.5 Å². The second kappa shape index (κ2) is 7.56. The molecule has 0 amide bonds. The minimum atomic E-state index is -0.254. The van der Waals surface area contributed by atoms with E-state index >= 15 is 0 Å². The Morgan fingerprint density at radius 1 is 1.20 bits per heavy atom. The number of rotatable bonds is 8. The summed E-state index contributed by atoms with van der Waals surface area (Å²) < 4.78 is 23.1. The van der Waals surface area contributed by atoms with Crippen molar-refractivity contribution in [1.29, 1.82) is 0 Å². The van der Waals surface area contributed by atoms with E-state index in [4.69, 9.17) is 9.15 Å². The van der Waals surface area contributed by atoms with Gasteiger partial charge < -0.3 is 19.8 Å². The number of nitrogens with zero attached hydrogens (tertiary/aromatic N) is 2. The van der Waals surface area contributed by atoms with Gasteiger partial charge in [-0.3, -0.25) is 0 Å². The molecule has 0 spiro atoms. The number of ether oxygens (including phenoxy) is 1. The van der Waals surface area contributed by atoms with Crippen LogP contribution in [0, 0.1) is 5.82 Å². The van der Waals surface area contributed by atoms with E-state index in [1.165, 1.54) is 12.1 Å². The van der Waals surface area contributed by atoms with Crippen LogP contribution in [0.3, 0.4) is 0 Å². The molecule has 0 unspecified atom stereocenters. The molecule has 2 aromatic rings. The summed E-state index contributed by atoms with van der Waals surface area (Å²) >= 11 is 0. The van der Waals surface area contributed by atoms with Gasteiger partial charge in [0.2, 0.25) is 5.89 Å². The fourth-order valence-corrected chi connectivity index (χ4v) is 1.55. The molecule has 7 heteroatoms. The number of anilines is 1. The van der Waals surface area contributed by atoms with E-state index in [2.05, 4.69) is 20.8 Å². The van der Waals surface area contributed by atoms with Crippen molar-refractivity contribution in [3.8, 4) is 0 Å². The molecule has 0 fully saturated rings. The van der Waals surface area contributed by atoms with Gasteiger partial charge in [0.25, 0.3) is 0 Å². The average molecular weight is 280 g/mol. The lowest BCUT2D eigenvalue weighted by Gasteiger charge is -2.01. The summed E-state index contributed by atoms with van der Waals surface area (Å²) in [6.45, 7) is 2.34. The molecule has 0 atom stereocenters. The fourth-order valence-electron chi connectivity index (χ4n) is 1.55. The first-order valence-electron chi connectivity index (χ1n) is 6.28. The zero-order valence-electron chi connectivity index (χ0n) is 11.2. The van der Waals surface area contributed by atoms with Gasteiger partial charge in [0.15, 0.2) is 0 Å². The van der Waals surface area contributed by atoms with Crippen LogP contribution in [0.5, 0.6) is 0 Å². The number of halogens is 1. The van der Waals surface area contributed by atoms with Crippen LogP contribution in [-0.2, 0) is 17.8 Å². The number of hydrogen-bond donors (Lipinski definition) is 2. The van der Waals surface area contributed by atoms with Crippen LogP contribution in [-0.4, -0.2) is 30.5 Å². The largest absolute Gasteiger partial charge is 0.407 e. The van der Waals surface area contributed by atoms with Crippen LogP contribution < -0.4 is 10.6 Å². The summed E-state index contributed by atoms with van der Waals surface area (Å²) in [5.41, 5.74) is 0.935. The van der Waals surface area contributed by atoms with E-state index in [0.29, 0.717) is 31.6 Å². The zero-order chi connectivity index (χ0) is 14.2. The fraction of sp³-hybridized carbons (Fsp3) is 0.385. The molecule has 0 aliphatic carbocycles. The van der Waals surface area contributed by atoms with Gasteiger partial charge in [-0.1, -0.05) is 17.2 Å². The normalized spacial score (nSPS) is 10.7. The minimum absolute atomic E-state index is 0.254. The molecular formula is C13H17FN4O2. The molecule has 20 heavy (non-hydrogen) atoms. The molecule has 2 rings (SSSR count). The maximum absolute atomic E-state index is 12.7. The minimum Gasteiger partial charge on any atom is -0.407 e. The summed E-state index contributed by atoms with van der Waals surface area (Å²) in [5.74, 6) is 0.249. The van der Waals surface area contributed by atoms with Crippen molar-refractivity contribution < 1.29 is 13.5 Å². The van der Waals surface area contributed by atoms with Crippen molar-refractivity contribution in [2.45, 2.75) is 13.1 Å². The van der Waals surface area contributed by atoms with Crippen molar-refractivity contribution in [2.24, 2.45) is 0 Å². The number of methoxy groups -OCH3 is 1. The molecule has 6 nitrogen and oxygen atoms in total. The summed E-state index contributed by atoms with van der Waals surface area (Å²) in [4.78, 5) is 0. The number of nitrogens with one attached hydrogen (secondary N) is 2. The number of aromatic nitrogens is 2. The summed E-state index contributed by atoms with van der Waals surface area (Å²) in [5, 5.41) is 13.9. The van der Waals surface area contributed by atoms with Crippen LogP contribution in [0.4, 0.5) is 10.4 Å². The van der Waals surface area contributed by atoms with Crippen LogP contribution in [0.25, 0.3) is 0 Å². The molecule has 2 N–H and O–H groups in total. The second-order valence-electron chi connectivity index (χ2n) is 4.15. The summed E-state index contributed by atoms with van der Waals surface area (Å²) in [6, 6.07) is 6.57. The number of benzene rings is 1. The Bertz CT molecular complexity index is 515. The molecule has 1 aromatic carbocycles. The molecule has 0 bridgehead atoms. The molecule has 0 radical (unpaired) electrons. The Balaban J connectivity index is 1.76. The summed E-state index contributed by atoms with van der Waals surface area (Å²) in [7, 11) is 1.64. The Morgan fingerprint density at radius 3 is 2.75 bits per heavy atom.